The van der Waals surface area contributed by atoms with Crippen LogP contribution in [0.15, 0.2) is 23.6 Å². The number of benzene rings is 1. The summed E-state index contributed by atoms with van der Waals surface area (Å²) in [4.78, 5) is 27.2. The van der Waals surface area contributed by atoms with E-state index in [2.05, 4.69) is 15.6 Å². The summed E-state index contributed by atoms with van der Waals surface area (Å²) >= 11 is 1.46. The molecule has 2 aromatic rings. The van der Waals surface area contributed by atoms with Crippen molar-refractivity contribution in [3.63, 3.8) is 0 Å². The molecule has 0 aliphatic heterocycles. The summed E-state index contributed by atoms with van der Waals surface area (Å²) in [6, 6.07) is 4.37. The van der Waals surface area contributed by atoms with Gasteiger partial charge in [0.15, 0.2) is 0 Å². The highest BCUT2D eigenvalue weighted by molar-refractivity contribution is 7.09. The van der Waals surface area contributed by atoms with E-state index in [1.807, 2.05) is 12.3 Å². The molecule has 3 N–H and O–H groups in total. The van der Waals surface area contributed by atoms with Crippen molar-refractivity contribution in [1.29, 1.82) is 0 Å². The van der Waals surface area contributed by atoms with Crippen LogP contribution in [0.25, 0.3) is 0 Å². The summed E-state index contributed by atoms with van der Waals surface area (Å²) in [6.07, 6.45) is 0. The van der Waals surface area contributed by atoms with Gasteiger partial charge in [-0.25, -0.2) is 14.6 Å². The van der Waals surface area contributed by atoms with E-state index in [-0.39, 0.29) is 11.3 Å². The van der Waals surface area contributed by atoms with Gasteiger partial charge in [0.05, 0.1) is 17.8 Å². The van der Waals surface area contributed by atoms with Gasteiger partial charge in [-0.05, 0) is 26.0 Å². The van der Waals surface area contributed by atoms with Gasteiger partial charge in [-0.15, -0.1) is 11.3 Å². The van der Waals surface area contributed by atoms with E-state index >= 15 is 0 Å². The minimum absolute atomic E-state index is 0.0650. The average Bonchev–Trinajstić information content (AvgIpc) is 2.84. The fourth-order valence-corrected chi connectivity index (χ4v) is 2.46. The number of nitrogens with one attached hydrogen (secondary N) is 2. The van der Waals surface area contributed by atoms with Crippen molar-refractivity contribution in [3.8, 4) is 0 Å². The standard InChI is InChI=1S/C14H15N3O3S/c1-8-3-4-11(10(5-8)13(18)19)17-14(20)15-6-12-16-9(2)7-21-12/h3-5,7H,6H2,1-2H3,(H,18,19)(H2,15,17,20). The molecular weight excluding hydrogens is 290 g/mol. The maximum absolute atomic E-state index is 11.8. The van der Waals surface area contributed by atoms with Crippen LogP contribution < -0.4 is 10.6 Å². The maximum Gasteiger partial charge on any atom is 0.337 e. The Bertz CT molecular complexity index is 682. The normalized spacial score (nSPS) is 10.2. The lowest BCUT2D eigenvalue weighted by atomic mass is 10.1. The number of aromatic carboxylic acids is 1. The summed E-state index contributed by atoms with van der Waals surface area (Å²) in [6.45, 7) is 3.98. The van der Waals surface area contributed by atoms with E-state index in [1.54, 1.807) is 19.1 Å². The Balaban J connectivity index is 2.01. The first kappa shape index (κ1) is 15.0. The molecule has 7 heteroatoms. The Labute approximate surface area is 125 Å². The predicted molar refractivity (Wildman–Crippen MR) is 80.8 cm³/mol. The van der Waals surface area contributed by atoms with Crippen LogP contribution in [0, 0.1) is 13.8 Å². The number of hydrogen-bond donors (Lipinski definition) is 3. The topological polar surface area (TPSA) is 91.3 Å². The number of carbonyl (C=O) groups is 2. The average molecular weight is 305 g/mol. The van der Waals surface area contributed by atoms with Gasteiger partial charge in [0, 0.05) is 11.1 Å². The van der Waals surface area contributed by atoms with Crippen molar-refractivity contribution in [2.24, 2.45) is 0 Å². The SMILES string of the molecule is Cc1ccc(NC(=O)NCc2nc(C)cs2)c(C(=O)O)c1. The summed E-state index contributed by atoms with van der Waals surface area (Å²) < 4.78 is 0. The van der Waals surface area contributed by atoms with Gasteiger partial charge in [-0.2, -0.15) is 0 Å². The van der Waals surface area contributed by atoms with E-state index in [9.17, 15) is 9.59 Å². The monoisotopic (exact) mass is 305 g/mol. The van der Waals surface area contributed by atoms with Crippen LogP contribution in [0.4, 0.5) is 10.5 Å². The first-order valence-corrected chi connectivity index (χ1v) is 7.13. The molecule has 1 aromatic heterocycles. The number of aromatic nitrogens is 1. The highest BCUT2D eigenvalue weighted by Crippen LogP contribution is 2.17. The lowest BCUT2D eigenvalue weighted by Crippen LogP contribution is -2.28. The van der Waals surface area contributed by atoms with Crippen LogP contribution in [0.5, 0.6) is 0 Å². The zero-order valence-electron chi connectivity index (χ0n) is 11.6. The number of anilines is 1. The zero-order valence-corrected chi connectivity index (χ0v) is 12.5. The highest BCUT2D eigenvalue weighted by Gasteiger charge is 2.12. The molecule has 0 fully saturated rings. The Morgan fingerprint density at radius 2 is 2.10 bits per heavy atom. The Kier molecular flexibility index (Phi) is 4.54. The number of nitrogens with zero attached hydrogens (tertiary/aromatic N) is 1. The molecule has 2 rings (SSSR count). The molecule has 2 amide bonds. The molecule has 0 bridgehead atoms. The molecular formula is C14H15N3O3S. The van der Waals surface area contributed by atoms with Gasteiger partial charge in [-0.1, -0.05) is 11.6 Å². The quantitative estimate of drug-likeness (QED) is 0.810. The van der Waals surface area contributed by atoms with Crippen LogP contribution in [0.3, 0.4) is 0 Å². The van der Waals surface area contributed by atoms with Gasteiger partial charge in [-0.3, -0.25) is 0 Å². The second-order valence-electron chi connectivity index (χ2n) is 4.54. The summed E-state index contributed by atoms with van der Waals surface area (Å²) in [5, 5.41) is 17.0. The van der Waals surface area contributed by atoms with Gasteiger partial charge in [0.1, 0.15) is 5.01 Å². The largest absolute Gasteiger partial charge is 0.478 e. The van der Waals surface area contributed by atoms with Crippen LogP contribution in [-0.2, 0) is 6.54 Å². The van der Waals surface area contributed by atoms with Crippen LogP contribution in [0.2, 0.25) is 0 Å². The smallest absolute Gasteiger partial charge is 0.337 e. The molecule has 1 heterocycles. The second kappa shape index (κ2) is 6.36. The van der Waals surface area contributed by atoms with Crippen molar-refractivity contribution >= 4 is 29.0 Å². The lowest BCUT2D eigenvalue weighted by molar-refractivity contribution is 0.0698. The number of urea groups is 1. The molecule has 0 saturated carbocycles. The number of amides is 2. The van der Waals surface area contributed by atoms with Crippen molar-refractivity contribution in [3.05, 3.63) is 45.4 Å². The van der Waals surface area contributed by atoms with Gasteiger partial charge < -0.3 is 15.7 Å². The lowest BCUT2D eigenvalue weighted by Gasteiger charge is -2.10. The van der Waals surface area contributed by atoms with E-state index < -0.39 is 12.0 Å². The summed E-state index contributed by atoms with van der Waals surface area (Å²) in [7, 11) is 0. The number of aryl methyl sites for hydroxylation is 2. The third-order valence-electron chi connectivity index (χ3n) is 2.72. The van der Waals surface area contributed by atoms with Gasteiger partial charge in [0.2, 0.25) is 0 Å². The number of carboxylic acids is 1. The molecule has 6 nitrogen and oxygen atoms in total. The number of hydrogen-bond acceptors (Lipinski definition) is 4. The van der Waals surface area contributed by atoms with Crippen LogP contribution in [-0.4, -0.2) is 22.1 Å². The Morgan fingerprint density at radius 3 is 2.71 bits per heavy atom. The highest BCUT2D eigenvalue weighted by atomic mass is 32.1. The Hall–Kier alpha value is -2.41. The van der Waals surface area contributed by atoms with E-state index in [0.29, 0.717) is 6.54 Å². The number of thiazole rings is 1. The zero-order chi connectivity index (χ0) is 15.4. The van der Waals surface area contributed by atoms with E-state index in [4.69, 9.17) is 5.11 Å². The minimum atomic E-state index is -1.08. The van der Waals surface area contributed by atoms with Crippen LogP contribution >= 0.6 is 11.3 Å². The molecule has 0 spiro atoms. The number of carboxylic acid groups (broad SMARTS) is 1. The fraction of sp³-hybridized carbons (Fsp3) is 0.214. The second-order valence-corrected chi connectivity index (χ2v) is 5.49. The first-order valence-electron chi connectivity index (χ1n) is 6.25. The van der Waals surface area contributed by atoms with Crippen molar-refractivity contribution in [1.82, 2.24) is 10.3 Å². The maximum atomic E-state index is 11.8. The van der Waals surface area contributed by atoms with Crippen molar-refractivity contribution in [2.45, 2.75) is 20.4 Å². The van der Waals surface area contributed by atoms with Crippen LogP contribution in [0.1, 0.15) is 26.6 Å². The summed E-state index contributed by atoms with van der Waals surface area (Å²) in [5.41, 5.74) is 2.05. The van der Waals surface area contributed by atoms with Gasteiger partial charge >= 0.3 is 12.0 Å². The van der Waals surface area contributed by atoms with E-state index in [0.717, 1.165) is 16.3 Å². The number of carbonyl (C=O) groups excluding carboxylic acids is 1. The number of rotatable bonds is 4. The third-order valence-corrected chi connectivity index (χ3v) is 3.69. The van der Waals surface area contributed by atoms with Crippen molar-refractivity contribution in [2.75, 3.05) is 5.32 Å². The van der Waals surface area contributed by atoms with E-state index in [1.165, 1.54) is 17.4 Å². The molecule has 21 heavy (non-hydrogen) atoms. The Morgan fingerprint density at radius 1 is 1.33 bits per heavy atom. The summed E-state index contributed by atoms with van der Waals surface area (Å²) in [5.74, 6) is -1.08. The molecule has 0 atom stereocenters. The van der Waals surface area contributed by atoms with Gasteiger partial charge in [0.25, 0.3) is 0 Å². The fourth-order valence-electron chi connectivity index (χ4n) is 1.75. The molecule has 0 radical (unpaired) electrons. The molecule has 0 aliphatic carbocycles. The molecule has 1 aromatic carbocycles. The molecule has 0 aliphatic rings. The first-order chi connectivity index (χ1) is 9.95. The van der Waals surface area contributed by atoms with Crippen molar-refractivity contribution < 1.29 is 14.7 Å². The predicted octanol–water partition coefficient (Wildman–Crippen LogP) is 2.78. The third kappa shape index (κ3) is 4.03. The minimum Gasteiger partial charge on any atom is -0.478 e. The molecule has 110 valence electrons. The molecule has 0 unspecified atom stereocenters. The molecule has 0 saturated heterocycles.